The van der Waals surface area contributed by atoms with Crippen LogP contribution in [0.25, 0.3) is 0 Å². The minimum atomic E-state index is -0.159. The lowest BCUT2D eigenvalue weighted by Gasteiger charge is -2.00. The molecule has 0 aromatic carbocycles. The average molecular weight is 216 g/mol. The summed E-state index contributed by atoms with van der Waals surface area (Å²) in [6.45, 7) is 2.25. The molecule has 78 valence electrons. The summed E-state index contributed by atoms with van der Waals surface area (Å²) in [7, 11) is 0. The molecule has 1 aromatic heterocycles. The van der Waals surface area contributed by atoms with E-state index in [0.717, 1.165) is 5.69 Å². The van der Waals surface area contributed by atoms with Gasteiger partial charge in [0, 0.05) is 18.3 Å². The van der Waals surface area contributed by atoms with Gasteiger partial charge in [0.1, 0.15) is 0 Å². The Balaban J connectivity index is 0.00000169. The van der Waals surface area contributed by atoms with Crippen molar-refractivity contribution >= 4 is 18.4 Å². The molecule has 0 aliphatic heterocycles. The van der Waals surface area contributed by atoms with Crippen LogP contribution in [0.1, 0.15) is 19.0 Å². The van der Waals surface area contributed by atoms with Crippen LogP contribution >= 0.6 is 12.4 Å². The zero-order valence-electron chi connectivity index (χ0n) is 8.10. The summed E-state index contributed by atoms with van der Waals surface area (Å²) in [6.07, 6.45) is 2.78. The van der Waals surface area contributed by atoms with Gasteiger partial charge in [0.05, 0.1) is 13.0 Å². The number of aromatic nitrogens is 1. The third-order valence-corrected chi connectivity index (χ3v) is 1.62. The Kier molecular flexibility index (Phi) is 6.76. The van der Waals surface area contributed by atoms with Gasteiger partial charge in [0.15, 0.2) is 0 Å². The standard InChI is InChI=1S/C10H13NO2.ClH/c1-2-13-10(12)7-6-9-5-3-4-8-11-9;/h3-5,8H,2,6-7H2,1H3;1H. The van der Waals surface area contributed by atoms with Gasteiger partial charge in [-0.15, -0.1) is 12.4 Å². The van der Waals surface area contributed by atoms with Crippen LogP contribution in [0, 0.1) is 0 Å². The molecule has 1 heterocycles. The number of halogens is 1. The largest absolute Gasteiger partial charge is 0.466 e. The van der Waals surface area contributed by atoms with E-state index in [9.17, 15) is 4.79 Å². The van der Waals surface area contributed by atoms with Crippen LogP contribution in [-0.4, -0.2) is 17.6 Å². The Hall–Kier alpha value is -1.09. The molecule has 0 fully saturated rings. The zero-order valence-corrected chi connectivity index (χ0v) is 8.92. The number of carbonyl (C=O) groups is 1. The van der Waals surface area contributed by atoms with E-state index in [2.05, 4.69) is 4.98 Å². The van der Waals surface area contributed by atoms with Gasteiger partial charge < -0.3 is 4.74 Å². The predicted octanol–water partition coefficient (Wildman–Crippen LogP) is 2.00. The fourth-order valence-corrected chi connectivity index (χ4v) is 1.01. The highest BCUT2D eigenvalue weighted by Gasteiger charge is 2.01. The maximum absolute atomic E-state index is 11.0. The highest BCUT2D eigenvalue weighted by atomic mass is 35.5. The minimum absolute atomic E-state index is 0. The van der Waals surface area contributed by atoms with Gasteiger partial charge in [-0.2, -0.15) is 0 Å². The molecule has 0 radical (unpaired) electrons. The number of carbonyl (C=O) groups excluding carboxylic acids is 1. The Labute approximate surface area is 89.9 Å². The molecule has 0 aliphatic rings. The van der Waals surface area contributed by atoms with Crippen LogP contribution in [0.3, 0.4) is 0 Å². The molecule has 0 bridgehead atoms. The van der Waals surface area contributed by atoms with Crippen LogP contribution in [0.2, 0.25) is 0 Å². The van der Waals surface area contributed by atoms with Gasteiger partial charge in [0.2, 0.25) is 0 Å². The molecule has 3 nitrogen and oxygen atoms in total. The molecule has 4 heteroatoms. The third kappa shape index (κ3) is 4.82. The first kappa shape index (κ1) is 12.9. The van der Waals surface area contributed by atoms with Gasteiger partial charge >= 0.3 is 5.97 Å². The summed E-state index contributed by atoms with van der Waals surface area (Å²) in [5.41, 5.74) is 0.926. The summed E-state index contributed by atoms with van der Waals surface area (Å²) < 4.78 is 4.80. The summed E-state index contributed by atoms with van der Waals surface area (Å²) in [6, 6.07) is 5.67. The summed E-state index contributed by atoms with van der Waals surface area (Å²) in [5.74, 6) is -0.159. The first-order chi connectivity index (χ1) is 6.33. The number of esters is 1. The van der Waals surface area contributed by atoms with E-state index >= 15 is 0 Å². The molecule has 0 saturated heterocycles. The molecule has 0 unspecified atom stereocenters. The summed E-state index contributed by atoms with van der Waals surface area (Å²) in [4.78, 5) is 15.1. The van der Waals surface area contributed by atoms with E-state index in [1.165, 1.54) is 0 Å². The SMILES string of the molecule is CCOC(=O)CCc1ccccn1.Cl. The number of rotatable bonds is 4. The number of pyridine rings is 1. The van der Waals surface area contributed by atoms with Crippen molar-refractivity contribution in [3.8, 4) is 0 Å². The van der Waals surface area contributed by atoms with Crippen LogP contribution in [0.5, 0.6) is 0 Å². The molecule has 0 saturated carbocycles. The Morgan fingerprint density at radius 3 is 2.86 bits per heavy atom. The van der Waals surface area contributed by atoms with E-state index in [0.29, 0.717) is 19.4 Å². The van der Waals surface area contributed by atoms with Gasteiger partial charge in [0.25, 0.3) is 0 Å². The highest BCUT2D eigenvalue weighted by Crippen LogP contribution is 1.99. The van der Waals surface area contributed by atoms with Crippen LogP contribution in [0.4, 0.5) is 0 Å². The topological polar surface area (TPSA) is 39.2 Å². The van der Waals surface area contributed by atoms with Gasteiger partial charge in [-0.25, -0.2) is 0 Å². The normalized spacial score (nSPS) is 8.93. The number of ether oxygens (including phenoxy) is 1. The molecule has 1 rings (SSSR count). The Bertz CT molecular complexity index is 264. The fourth-order valence-electron chi connectivity index (χ4n) is 1.01. The van der Waals surface area contributed by atoms with Crippen molar-refractivity contribution in [3.05, 3.63) is 30.1 Å². The van der Waals surface area contributed by atoms with Gasteiger partial charge in [-0.05, 0) is 19.1 Å². The average Bonchev–Trinajstić information content (AvgIpc) is 2.17. The Morgan fingerprint density at radius 1 is 1.50 bits per heavy atom. The number of nitrogens with zero attached hydrogens (tertiary/aromatic N) is 1. The predicted molar refractivity (Wildman–Crippen MR) is 56.4 cm³/mol. The van der Waals surface area contributed by atoms with Crippen molar-refractivity contribution < 1.29 is 9.53 Å². The monoisotopic (exact) mass is 215 g/mol. The lowest BCUT2D eigenvalue weighted by molar-refractivity contribution is -0.143. The molecule has 0 atom stereocenters. The molecule has 0 amide bonds. The first-order valence-corrected chi connectivity index (χ1v) is 4.38. The molecular formula is C10H14ClNO2. The van der Waals surface area contributed by atoms with E-state index < -0.39 is 0 Å². The quantitative estimate of drug-likeness (QED) is 0.722. The number of aryl methyl sites for hydroxylation is 1. The van der Waals surface area contributed by atoms with Crippen LogP contribution < -0.4 is 0 Å². The molecule has 0 aliphatic carbocycles. The lowest BCUT2D eigenvalue weighted by atomic mass is 10.2. The van der Waals surface area contributed by atoms with Crippen molar-refractivity contribution in [1.29, 1.82) is 0 Å². The highest BCUT2D eigenvalue weighted by molar-refractivity contribution is 5.85. The molecule has 0 spiro atoms. The van der Waals surface area contributed by atoms with E-state index in [-0.39, 0.29) is 18.4 Å². The third-order valence-electron chi connectivity index (χ3n) is 1.62. The van der Waals surface area contributed by atoms with Crippen LogP contribution in [0.15, 0.2) is 24.4 Å². The van der Waals surface area contributed by atoms with Crippen molar-refractivity contribution in [2.24, 2.45) is 0 Å². The van der Waals surface area contributed by atoms with Gasteiger partial charge in [-0.1, -0.05) is 6.07 Å². The maximum Gasteiger partial charge on any atom is 0.306 e. The second-order valence-corrected chi connectivity index (χ2v) is 2.63. The molecular weight excluding hydrogens is 202 g/mol. The second-order valence-electron chi connectivity index (χ2n) is 2.63. The summed E-state index contributed by atoms with van der Waals surface area (Å²) >= 11 is 0. The number of hydrogen-bond donors (Lipinski definition) is 0. The lowest BCUT2D eigenvalue weighted by Crippen LogP contribution is -2.05. The van der Waals surface area contributed by atoms with E-state index in [1.807, 2.05) is 18.2 Å². The number of hydrogen-bond acceptors (Lipinski definition) is 3. The maximum atomic E-state index is 11.0. The fraction of sp³-hybridized carbons (Fsp3) is 0.400. The van der Waals surface area contributed by atoms with E-state index in [4.69, 9.17) is 4.74 Å². The minimum Gasteiger partial charge on any atom is -0.466 e. The van der Waals surface area contributed by atoms with Gasteiger partial charge in [-0.3, -0.25) is 9.78 Å². The van der Waals surface area contributed by atoms with E-state index in [1.54, 1.807) is 13.1 Å². The first-order valence-electron chi connectivity index (χ1n) is 4.38. The van der Waals surface area contributed by atoms with Crippen LogP contribution in [-0.2, 0) is 16.0 Å². The zero-order chi connectivity index (χ0) is 9.52. The summed E-state index contributed by atoms with van der Waals surface area (Å²) in [5, 5.41) is 0. The molecule has 0 N–H and O–H groups in total. The smallest absolute Gasteiger partial charge is 0.306 e. The molecule has 14 heavy (non-hydrogen) atoms. The van der Waals surface area contributed by atoms with Crippen molar-refractivity contribution in [2.45, 2.75) is 19.8 Å². The second kappa shape index (κ2) is 7.33. The van der Waals surface area contributed by atoms with Crippen molar-refractivity contribution in [3.63, 3.8) is 0 Å². The van der Waals surface area contributed by atoms with Crippen molar-refractivity contribution in [1.82, 2.24) is 4.98 Å². The molecule has 1 aromatic rings. The van der Waals surface area contributed by atoms with Crippen molar-refractivity contribution in [2.75, 3.05) is 6.61 Å². The Morgan fingerprint density at radius 2 is 2.29 bits per heavy atom.